The predicted octanol–water partition coefficient (Wildman–Crippen LogP) is 4.80. The van der Waals surface area contributed by atoms with Gasteiger partial charge in [-0.1, -0.05) is 11.6 Å². The van der Waals surface area contributed by atoms with Crippen molar-refractivity contribution < 1.29 is 17.5 Å². The third kappa shape index (κ3) is 5.42. The average molecular weight is 578 g/mol. The molecule has 2 aliphatic rings. The van der Waals surface area contributed by atoms with Crippen molar-refractivity contribution in [2.75, 3.05) is 30.8 Å². The summed E-state index contributed by atoms with van der Waals surface area (Å²) in [6, 6.07) is 1.45. The molecule has 1 saturated heterocycles. The number of halogens is 2. The van der Waals surface area contributed by atoms with Crippen molar-refractivity contribution in [3.63, 3.8) is 0 Å². The molecule has 210 valence electrons. The van der Waals surface area contributed by atoms with Crippen LogP contribution >= 0.6 is 11.6 Å². The van der Waals surface area contributed by atoms with Crippen molar-refractivity contribution in [1.82, 2.24) is 24.6 Å². The van der Waals surface area contributed by atoms with E-state index in [1.54, 1.807) is 27.1 Å². The predicted molar refractivity (Wildman–Crippen MR) is 149 cm³/mol. The minimum atomic E-state index is -3.67. The van der Waals surface area contributed by atoms with E-state index in [0.717, 1.165) is 37.1 Å². The number of likely N-dealkylation sites (tertiary alicyclic amines) is 1. The third-order valence-corrected chi connectivity index (χ3v) is 9.60. The zero-order valence-electron chi connectivity index (χ0n) is 22.6. The lowest BCUT2D eigenvalue weighted by atomic mass is 9.84. The number of sulfone groups is 1. The quantitative estimate of drug-likeness (QED) is 0.408. The van der Waals surface area contributed by atoms with Crippen molar-refractivity contribution >= 4 is 44.6 Å². The number of aromatic nitrogens is 4. The Morgan fingerprint density at radius 2 is 1.90 bits per heavy atom. The van der Waals surface area contributed by atoms with Crippen molar-refractivity contribution in [2.24, 2.45) is 7.05 Å². The van der Waals surface area contributed by atoms with Gasteiger partial charge in [0.25, 0.3) is 0 Å². The van der Waals surface area contributed by atoms with Crippen LogP contribution in [0, 0.1) is 5.82 Å². The molecule has 1 fully saturated rings. The molecule has 3 aromatic rings. The van der Waals surface area contributed by atoms with Crippen molar-refractivity contribution in [1.29, 1.82) is 0 Å². The van der Waals surface area contributed by atoms with Gasteiger partial charge in [0.05, 0.1) is 22.8 Å². The minimum absolute atomic E-state index is 0.0809. The first kappa shape index (κ1) is 27.6. The van der Waals surface area contributed by atoms with Crippen molar-refractivity contribution in [3.8, 4) is 5.75 Å². The summed E-state index contributed by atoms with van der Waals surface area (Å²) in [5, 5.41) is 9.61. The lowest BCUT2D eigenvalue weighted by Crippen LogP contribution is -2.30. The Labute approximate surface area is 232 Å². The van der Waals surface area contributed by atoms with Gasteiger partial charge in [-0.15, -0.1) is 0 Å². The van der Waals surface area contributed by atoms with Crippen LogP contribution in [0.4, 0.5) is 27.5 Å². The number of aryl methyl sites for hydroxylation is 1. The molecular weight excluding hydrogens is 545 g/mol. The summed E-state index contributed by atoms with van der Waals surface area (Å²) in [4.78, 5) is 11.0. The number of anilines is 4. The first-order valence-corrected chi connectivity index (χ1v) is 14.9. The normalized spacial score (nSPS) is 18.3. The molecule has 0 aliphatic carbocycles. The Morgan fingerprint density at radius 1 is 1.18 bits per heavy atom. The highest BCUT2D eigenvalue weighted by Crippen LogP contribution is 2.45. The highest BCUT2D eigenvalue weighted by atomic mass is 35.5. The first-order valence-electron chi connectivity index (χ1n) is 13.0. The van der Waals surface area contributed by atoms with Gasteiger partial charge in [-0.2, -0.15) is 10.1 Å². The van der Waals surface area contributed by atoms with Crippen LogP contribution in [-0.4, -0.2) is 64.6 Å². The molecule has 0 radical (unpaired) electrons. The van der Waals surface area contributed by atoms with Crippen LogP contribution in [0.5, 0.6) is 5.75 Å². The second kappa shape index (κ2) is 10.5. The Bertz CT molecular complexity index is 1500. The van der Waals surface area contributed by atoms with Crippen molar-refractivity contribution in [3.05, 3.63) is 40.4 Å². The van der Waals surface area contributed by atoms with Gasteiger partial charge >= 0.3 is 0 Å². The van der Waals surface area contributed by atoms with E-state index in [9.17, 15) is 8.42 Å². The minimum Gasteiger partial charge on any atom is -0.488 e. The van der Waals surface area contributed by atoms with Gasteiger partial charge in [-0.3, -0.25) is 4.68 Å². The molecule has 1 atom stereocenters. The molecule has 39 heavy (non-hydrogen) atoms. The molecule has 0 spiro atoms. The van der Waals surface area contributed by atoms with Crippen LogP contribution in [0.25, 0.3) is 0 Å². The van der Waals surface area contributed by atoms with Gasteiger partial charge in [-0.05, 0) is 65.2 Å². The van der Waals surface area contributed by atoms with Gasteiger partial charge in [0.1, 0.15) is 22.7 Å². The Morgan fingerprint density at radius 3 is 2.59 bits per heavy atom. The molecule has 4 heterocycles. The van der Waals surface area contributed by atoms with Gasteiger partial charge in [0.2, 0.25) is 20.8 Å². The maximum absolute atomic E-state index is 15.6. The largest absolute Gasteiger partial charge is 0.488 e. The third-order valence-electron chi connectivity index (χ3n) is 7.24. The molecule has 2 N–H and O–H groups in total. The number of nitrogens with one attached hydrogen (secondary N) is 2. The molecule has 5 rings (SSSR count). The SMILES string of the molecule is CC(C)S(=O)(=O)c1nn(C)cc1Nc1nc(Nc2cc(F)c(C3CCN(C)CC3)c3c2O[C@H](C)C3)ncc1Cl. The maximum atomic E-state index is 15.6. The van der Waals surface area contributed by atoms with Crippen LogP contribution in [-0.2, 0) is 23.3 Å². The molecule has 10 nitrogen and oxygen atoms in total. The number of rotatable bonds is 7. The fourth-order valence-electron chi connectivity index (χ4n) is 5.15. The molecule has 2 aromatic heterocycles. The Balaban J connectivity index is 1.46. The summed E-state index contributed by atoms with van der Waals surface area (Å²) in [5.41, 5.74) is 2.32. The fourth-order valence-corrected chi connectivity index (χ4v) is 6.39. The second-order valence-electron chi connectivity index (χ2n) is 10.6. The first-order chi connectivity index (χ1) is 18.4. The van der Waals surface area contributed by atoms with Crippen LogP contribution in [0.1, 0.15) is 50.7 Å². The van der Waals surface area contributed by atoms with Gasteiger partial charge in [-0.25, -0.2) is 17.8 Å². The van der Waals surface area contributed by atoms with E-state index < -0.39 is 15.1 Å². The summed E-state index contributed by atoms with van der Waals surface area (Å²) in [5.74, 6) is 0.821. The molecule has 0 unspecified atom stereocenters. The standard InChI is InChI=1S/C26H33ClFN7O3S/c1-14(2)39(36,37)25-21(13-35(5)33-25)30-24-18(27)12-29-26(32-24)31-20-11-19(28)22(16-6-8-34(4)9-7-16)17-10-15(3)38-23(17)20/h11-16H,6-10H2,1-5H3,(H2,29,30,31,32)/t15-/m1/s1. The molecule has 0 saturated carbocycles. The summed E-state index contributed by atoms with van der Waals surface area (Å²) < 4.78 is 48.8. The number of benzene rings is 1. The van der Waals surface area contributed by atoms with Gasteiger partial charge in [0.15, 0.2) is 5.82 Å². The lowest BCUT2D eigenvalue weighted by molar-refractivity contribution is 0.252. The van der Waals surface area contributed by atoms with E-state index >= 15 is 4.39 Å². The number of hydrogen-bond donors (Lipinski definition) is 2. The van der Waals surface area contributed by atoms with E-state index in [1.807, 2.05) is 6.92 Å². The number of fused-ring (bicyclic) bond motifs is 1. The van der Waals surface area contributed by atoms with Crippen molar-refractivity contribution in [2.45, 2.75) is 62.3 Å². The Hall–Kier alpha value is -2.96. The summed E-state index contributed by atoms with van der Waals surface area (Å²) >= 11 is 6.36. The molecule has 0 amide bonds. The molecule has 2 aliphatic heterocycles. The smallest absolute Gasteiger partial charge is 0.229 e. The number of hydrogen-bond acceptors (Lipinski definition) is 9. The average Bonchev–Trinajstić information content (AvgIpc) is 3.44. The van der Waals surface area contributed by atoms with E-state index in [1.165, 1.54) is 16.9 Å². The summed E-state index contributed by atoms with van der Waals surface area (Å²) in [7, 11) is 0.0463. The number of piperidine rings is 1. The van der Waals surface area contributed by atoms with Crippen LogP contribution in [0.2, 0.25) is 5.02 Å². The topological polar surface area (TPSA) is 114 Å². The highest BCUT2D eigenvalue weighted by Gasteiger charge is 2.33. The Kier molecular flexibility index (Phi) is 7.47. The lowest BCUT2D eigenvalue weighted by Gasteiger charge is -2.30. The number of ether oxygens (including phenoxy) is 1. The second-order valence-corrected chi connectivity index (χ2v) is 13.4. The van der Waals surface area contributed by atoms with E-state index in [2.05, 4.69) is 37.6 Å². The molecule has 0 bridgehead atoms. The maximum Gasteiger partial charge on any atom is 0.229 e. The van der Waals surface area contributed by atoms with Crippen LogP contribution in [0.3, 0.4) is 0 Å². The highest BCUT2D eigenvalue weighted by molar-refractivity contribution is 7.92. The monoisotopic (exact) mass is 577 g/mol. The van der Waals surface area contributed by atoms with E-state index in [-0.39, 0.29) is 45.3 Å². The zero-order valence-corrected chi connectivity index (χ0v) is 24.2. The summed E-state index contributed by atoms with van der Waals surface area (Å²) in [6.07, 6.45) is 5.28. The number of nitrogens with zero attached hydrogens (tertiary/aromatic N) is 5. The molecular formula is C26H33ClFN7O3S. The zero-order chi connectivity index (χ0) is 28.1. The van der Waals surface area contributed by atoms with E-state index in [0.29, 0.717) is 17.9 Å². The summed E-state index contributed by atoms with van der Waals surface area (Å²) in [6.45, 7) is 7.01. The fraction of sp³-hybridized carbons (Fsp3) is 0.500. The molecule has 13 heteroatoms. The van der Waals surface area contributed by atoms with Gasteiger partial charge in [0, 0.05) is 31.3 Å². The van der Waals surface area contributed by atoms with Crippen LogP contribution in [0.15, 0.2) is 23.5 Å². The van der Waals surface area contributed by atoms with E-state index in [4.69, 9.17) is 16.3 Å². The molecule has 1 aromatic carbocycles. The van der Waals surface area contributed by atoms with Crippen LogP contribution < -0.4 is 15.4 Å². The van der Waals surface area contributed by atoms with Gasteiger partial charge < -0.3 is 20.3 Å².